The molecular weight excluding hydrogens is 298 g/mol. The predicted molar refractivity (Wildman–Crippen MR) is 92.5 cm³/mol. The first-order valence-electron chi connectivity index (χ1n) is 8.04. The molecule has 1 aromatic carbocycles. The average molecular weight is 324 g/mol. The van der Waals surface area contributed by atoms with Gasteiger partial charge in [0.15, 0.2) is 5.96 Å². The molecule has 5 heteroatoms. The van der Waals surface area contributed by atoms with Crippen LogP contribution in [0.25, 0.3) is 0 Å². The molecule has 1 aliphatic rings. The molecule has 0 bridgehead atoms. The van der Waals surface area contributed by atoms with E-state index in [0.29, 0.717) is 6.10 Å². The van der Waals surface area contributed by atoms with Crippen LogP contribution < -0.4 is 5.32 Å². The first kappa shape index (κ1) is 17.1. The van der Waals surface area contributed by atoms with Gasteiger partial charge in [-0.05, 0) is 43.9 Å². The van der Waals surface area contributed by atoms with E-state index in [1.165, 1.54) is 18.4 Å². The van der Waals surface area contributed by atoms with Gasteiger partial charge in [-0.25, -0.2) is 0 Å². The molecule has 0 amide bonds. The van der Waals surface area contributed by atoms with Crippen LogP contribution >= 0.6 is 11.6 Å². The largest absolute Gasteiger partial charge is 0.378 e. The number of nitrogens with zero attached hydrogens (tertiary/aromatic N) is 2. The Bertz CT molecular complexity index is 469. The van der Waals surface area contributed by atoms with Gasteiger partial charge in [-0.15, -0.1) is 0 Å². The molecule has 0 saturated carbocycles. The van der Waals surface area contributed by atoms with Crippen molar-refractivity contribution >= 4 is 17.6 Å². The molecule has 0 aromatic heterocycles. The Kier molecular flexibility index (Phi) is 7.00. The number of hydrogen-bond acceptors (Lipinski definition) is 2. The second kappa shape index (κ2) is 9.01. The summed E-state index contributed by atoms with van der Waals surface area (Å²) >= 11 is 5.93. The molecule has 0 radical (unpaired) electrons. The van der Waals surface area contributed by atoms with E-state index in [1.807, 2.05) is 12.1 Å². The van der Waals surface area contributed by atoms with Gasteiger partial charge in [-0.1, -0.05) is 23.7 Å². The van der Waals surface area contributed by atoms with Gasteiger partial charge < -0.3 is 15.0 Å². The minimum absolute atomic E-state index is 0.396. The lowest BCUT2D eigenvalue weighted by Gasteiger charge is -2.22. The van der Waals surface area contributed by atoms with E-state index in [0.717, 1.165) is 43.6 Å². The number of guanidine groups is 1. The third kappa shape index (κ3) is 5.50. The smallest absolute Gasteiger partial charge is 0.193 e. The summed E-state index contributed by atoms with van der Waals surface area (Å²) in [6.45, 7) is 5.47. The maximum Gasteiger partial charge on any atom is 0.193 e. The van der Waals surface area contributed by atoms with Gasteiger partial charge >= 0.3 is 0 Å². The first-order valence-corrected chi connectivity index (χ1v) is 8.42. The Morgan fingerprint density at radius 3 is 2.82 bits per heavy atom. The van der Waals surface area contributed by atoms with Crippen LogP contribution in [0.15, 0.2) is 29.3 Å². The standard InChI is InChI=1S/C17H26ClN3O/c1-3-19-17(20-11-10-16-5-4-12-22-16)21(2)13-14-6-8-15(18)9-7-14/h6-9,16H,3-5,10-13H2,1-2H3,(H,19,20). The molecule has 22 heavy (non-hydrogen) atoms. The van der Waals surface area contributed by atoms with Crippen molar-refractivity contribution in [3.8, 4) is 0 Å². The van der Waals surface area contributed by atoms with E-state index in [1.54, 1.807) is 0 Å². The van der Waals surface area contributed by atoms with E-state index in [-0.39, 0.29) is 0 Å². The molecule has 4 nitrogen and oxygen atoms in total. The zero-order valence-electron chi connectivity index (χ0n) is 13.5. The molecule has 1 atom stereocenters. The van der Waals surface area contributed by atoms with E-state index in [2.05, 4.69) is 36.3 Å². The SMILES string of the molecule is CCNC(=NCCC1CCCO1)N(C)Cc1ccc(Cl)cc1. The maximum atomic E-state index is 5.93. The third-order valence-corrected chi connectivity index (χ3v) is 4.02. The Morgan fingerprint density at radius 2 is 2.18 bits per heavy atom. The fourth-order valence-corrected chi connectivity index (χ4v) is 2.72. The zero-order chi connectivity index (χ0) is 15.8. The lowest BCUT2D eigenvalue weighted by molar-refractivity contribution is 0.106. The summed E-state index contributed by atoms with van der Waals surface area (Å²) in [6, 6.07) is 7.95. The zero-order valence-corrected chi connectivity index (χ0v) is 14.3. The summed E-state index contributed by atoms with van der Waals surface area (Å²) in [7, 11) is 2.06. The highest BCUT2D eigenvalue weighted by Crippen LogP contribution is 2.15. The Labute approximate surface area is 138 Å². The first-order chi connectivity index (χ1) is 10.7. The Morgan fingerprint density at radius 1 is 1.41 bits per heavy atom. The molecule has 1 heterocycles. The minimum atomic E-state index is 0.396. The van der Waals surface area contributed by atoms with E-state index < -0.39 is 0 Å². The molecular formula is C17H26ClN3O. The van der Waals surface area contributed by atoms with Crippen LogP contribution in [0.1, 0.15) is 31.7 Å². The predicted octanol–water partition coefficient (Wildman–Crippen LogP) is 3.31. The molecule has 2 rings (SSSR count). The summed E-state index contributed by atoms with van der Waals surface area (Å²) in [5.41, 5.74) is 1.22. The van der Waals surface area contributed by atoms with Crippen molar-refractivity contribution in [3.63, 3.8) is 0 Å². The van der Waals surface area contributed by atoms with Crippen molar-refractivity contribution in [2.75, 3.05) is 26.7 Å². The Balaban J connectivity index is 1.88. The molecule has 1 N–H and O–H groups in total. The fraction of sp³-hybridized carbons (Fsp3) is 0.588. The Hall–Kier alpha value is -1.26. The molecule has 1 unspecified atom stereocenters. The van der Waals surface area contributed by atoms with Crippen molar-refractivity contribution in [1.82, 2.24) is 10.2 Å². The third-order valence-electron chi connectivity index (χ3n) is 3.77. The van der Waals surface area contributed by atoms with Gasteiger partial charge in [0.2, 0.25) is 0 Å². The second-order valence-electron chi connectivity index (χ2n) is 5.64. The number of rotatable bonds is 6. The lowest BCUT2D eigenvalue weighted by atomic mass is 10.2. The van der Waals surface area contributed by atoms with Crippen molar-refractivity contribution in [2.45, 2.75) is 38.8 Å². The number of hydrogen-bond donors (Lipinski definition) is 1. The van der Waals surface area contributed by atoms with Crippen molar-refractivity contribution in [2.24, 2.45) is 4.99 Å². The molecule has 1 fully saturated rings. The lowest BCUT2D eigenvalue weighted by Crippen LogP contribution is -2.38. The number of halogens is 1. The summed E-state index contributed by atoms with van der Waals surface area (Å²) in [4.78, 5) is 6.86. The minimum Gasteiger partial charge on any atom is -0.378 e. The summed E-state index contributed by atoms with van der Waals surface area (Å²) in [5, 5.41) is 4.12. The monoisotopic (exact) mass is 323 g/mol. The summed E-state index contributed by atoms with van der Waals surface area (Å²) < 4.78 is 5.65. The number of aliphatic imine (C=N–C) groups is 1. The quantitative estimate of drug-likeness (QED) is 0.644. The van der Waals surface area contributed by atoms with Crippen LogP contribution in [0, 0.1) is 0 Å². The van der Waals surface area contributed by atoms with Crippen molar-refractivity contribution < 1.29 is 4.74 Å². The van der Waals surface area contributed by atoms with Crippen molar-refractivity contribution in [3.05, 3.63) is 34.9 Å². The number of nitrogens with one attached hydrogen (secondary N) is 1. The molecule has 1 aliphatic heterocycles. The van der Waals surface area contributed by atoms with Crippen LogP contribution in [0.2, 0.25) is 5.02 Å². The molecule has 1 aromatic rings. The van der Waals surface area contributed by atoms with Crippen LogP contribution in [-0.4, -0.2) is 43.7 Å². The van der Waals surface area contributed by atoms with Gasteiger partial charge in [0, 0.05) is 38.3 Å². The van der Waals surface area contributed by atoms with Crippen LogP contribution in [0.4, 0.5) is 0 Å². The number of benzene rings is 1. The van der Waals surface area contributed by atoms with E-state index >= 15 is 0 Å². The second-order valence-corrected chi connectivity index (χ2v) is 6.08. The molecule has 122 valence electrons. The number of ether oxygens (including phenoxy) is 1. The van der Waals surface area contributed by atoms with Crippen LogP contribution in [0.5, 0.6) is 0 Å². The molecule has 1 saturated heterocycles. The normalized spacial score (nSPS) is 18.5. The topological polar surface area (TPSA) is 36.9 Å². The summed E-state index contributed by atoms with van der Waals surface area (Å²) in [5.74, 6) is 0.940. The molecule has 0 aliphatic carbocycles. The van der Waals surface area contributed by atoms with Gasteiger partial charge in [0.25, 0.3) is 0 Å². The highest BCUT2D eigenvalue weighted by Gasteiger charge is 2.15. The van der Waals surface area contributed by atoms with Crippen LogP contribution in [0.3, 0.4) is 0 Å². The van der Waals surface area contributed by atoms with Crippen LogP contribution in [-0.2, 0) is 11.3 Å². The van der Waals surface area contributed by atoms with Gasteiger partial charge in [-0.3, -0.25) is 4.99 Å². The highest BCUT2D eigenvalue weighted by molar-refractivity contribution is 6.30. The summed E-state index contributed by atoms with van der Waals surface area (Å²) in [6.07, 6.45) is 3.76. The van der Waals surface area contributed by atoms with Crippen molar-refractivity contribution in [1.29, 1.82) is 0 Å². The molecule has 0 spiro atoms. The van der Waals surface area contributed by atoms with E-state index in [4.69, 9.17) is 21.3 Å². The highest BCUT2D eigenvalue weighted by atomic mass is 35.5. The van der Waals surface area contributed by atoms with Gasteiger partial charge in [0.05, 0.1) is 6.10 Å². The van der Waals surface area contributed by atoms with Gasteiger partial charge in [0.1, 0.15) is 0 Å². The van der Waals surface area contributed by atoms with Gasteiger partial charge in [-0.2, -0.15) is 0 Å². The fourth-order valence-electron chi connectivity index (χ4n) is 2.59. The average Bonchev–Trinajstić information content (AvgIpc) is 3.02. The van der Waals surface area contributed by atoms with E-state index in [9.17, 15) is 0 Å². The maximum absolute atomic E-state index is 5.93.